The van der Waals surface area contributed by atoms with E-state index in [-0.39, 0.29) is 35.1 Å². The van der Waals surface area contributed by atoms with E-state index in [0.29, 0.717) is 13.2 Å². The van der Waals surface area contributed by atoms with E-state index >= 15 is 0 Å². The Morgan fingerprint density at radius 3 is 2.12 bits per heavy atom. The lowest BCUT2D eigenvalue weighted by Gasteiger charge is -2.30. The second-order valence-corrected chi connectivity index (χ2v) is 7.77. The molecule has 0 aliphatic heterocycles. The standard InChI is InChI=1S/C19H31ClO4/c1-2-3-12-23-18(21)15-9-5-6-10-16(15)19(22)24-13-14-8-4-7-11-17(14)20/h14-17H,2-13H2,1H3. The van der Waals surface area contributed by atoms with Crippen LogP contribution in [0.15, 0.2) is 0 Å². The highest BCUT2D eigenvalue weighted by Gasteiger charge is 2.38. The zero-order valence-electron chi connectivity index (χ0n) is 14.8. The Hall–Kier alpha value is -0.770. The van der Waals surface area contributed by atoms with Gasteiger partial charge in [0, 0.05) is 11.3 Å². The minimum absolute atomic E-state index is 0.104. The Morgan fingerprint density at radius 1 is 0.917 bits per heavy atom. The van der Waals surface area contributed by atoms with Crippen molar-refractivity contribution >= 4 is 23.5 Å². The first-order valence-electron chi connectivity index (χ1n) is 9.60. The molecule has 0 aromatic carbocycles. The molecular formula is C19H31ClO4. The lowest BCUT2D eigenvalue weighted by Crippen LogP contribution is -2.36. The predicted octanol–water partition coefficient (Wildman–Crippen LogP) is 4.48. The van der Waals surface area contributed by atoms with Crippen LogP contribution in [0.5, 0.6) is 0 Å². The van der Waals surface area contributed by atoms with E-state index in [1.54, 1.807) is 0 Å². The first-order valence-corrected chi connectivity index (χ1v) is 10.0. The van der Waals surface area contributed by atoms with Crippen LogP contribution in [0, 0.1) is 17.8 Å². The predicted molar refractivity (Wildman–Crippen MR) is 93.9 cm³/mol. The Bertz CT molecular complexity index is 412. The summed E-state index contributed by atoms with van der Waals surface area (Å²) in [6.07, 6.45) is 9.59. The Balaban J connectivity index is 1.84. The van der Waals surface area contributed by atoms with E-state index in [0.717, 1.165) is 64.2 Å². The highest BCUT2D eigenvalue weighted by Crippen LogP contribution is 2.33. The lowest BCUT2D eigenvalue weighted by atomic mass is 9.79. The maximum Gasteiger partial charge on any atom is 0.309 e. The molecular weight excluding hydrogens is 328 g/mol. The fraction of sp³-hybridized carbons (Fsp3) is 0.895. The van der Waals surface area contributed by atoms with Crippen LogP contribution in [-0.4, -0.2) is 30.5 Å². The van der Waals surface area contributed by atoms with Gasteiger partial charge in [-0.05, 0) is 32.1 Å². The summed E-state index contributed by atoms with van der Waals surface area (Å²) in [6.45, 7) is 2.90. The van der Waals surface area contributed by atoms with E-state index in [9.17, 15) is 9.59 Å². The van der Waals surface area contributed by atoms with Crippen molar-refractivity contribution in [2.75, 3.05) is 13.2 Å². The van der Waals surface area contributed by atoms with Crippen LogP contribution in [0.2, 0.25) is 0 Å². The quantitative estimate of drug-likeness (QED) is 0.382. The molecule has 0 aromatic heterocycles. The summed E-state index contributed by atoms with van der Waals surface area (Å²) < 4.78 is 10.9. The van der Waals surface area contributed by atoms with E-state index in [4.69, 9.17) is 21.1 Å². The molecule has 4 nitrogen and oxygen atoms in total. The summed E-state index contributed by atoms with van der Waals surface area (Å²) in [6, 6.07) is 0. The van der Waals surface area contributed by atoms with Gasteiger partial charge in [0.25, 0.3) is 0 Å². The van der Waals surface area contributed by atoms with Crippen LogP contribution in [0.3, 0.4) is 0 Å². The zero-order chi connectivity index (χ0) is 17.4. The molecule has 2 aliphatic rings. The van der Waals surface area contributed by atoms with Crippen molar-refractivity contribution in [2.24, 2.45) is 17.8 Å². The first kappa shape index (κ1) is 19.6. The van der Waals surface area contributed by atoms with Crippen molar-refractivity contribution in [1.82, 2.24) is 0 Å². The minimum atomic E-state index is -0.342. The molecule has 0 heterocycles. The van der Waals surface area contributed by atoms with Crippen LogP contribution in [0.1, 0.15) is 71.1 Å². The highest BCUT2D eigenvalue weighted by atomic mass is 35.5. The Morgan fingerprint density at radius 2 is 1.50 bits per heavy atom. The molecule has 0 saturated heterocycles. The summed E-state index contributed by atoms with van der Waals surface area (Å²) >= 11 is 6.34. The van der Waals surface area contributed by atoms with E-state index < -0.39 is 0 Å². The summed E-state index contributed by atoms with van der Waals surface area (Å²) in [5.41, 5.74) is 0. The first-order chi connectivity index (χ1) is 11.6. The number of halogens is 1. The van der Waals surface area contributed by atoms with Crippen molar-refractivity contribution in [2.45, 2.75) is 76.5 Å². The summed E-state index contributed by atoms with van der Waals surface area (Å²) in [5.74, 6) is -0.881. The molecule has 5 heteroatoms. The largest absolute Gasteiger partial charge is 0.465 e. The molecule has 0 spiro atoms. The van der Waals surface area contributed by atoms with Crippen LogP contribution < -0.4 is 0 Å². The fourth-order valence-corrected chi connectivity index (χ4v) is 4.12. The van der Waals surface area contributed by atoms with Gasteiger partial charge in [-0.3, -0.25) is 9.59 Å². The monoisotopic (exact) mass is 358 g/mol. The number of hydrogen-bond acceptors (Lipinski definition) is 4. The molecule has 4 unspecified atom stereocenters. The Kier molecular flexibility index (Phi) is 8.37. The molecule has 0 N–H and O–H groups in total. The van der Waals surface area contributed by atoms with Gasteiger partial charge in [0.2, 0.25) is 0 Å². The van der Waals surface area contributed by atoms with Crippen LogP contribution in [-0.2, 0) is 19.1 Å². The number of hydrogen-bond donors (Lipinski definition) is 0. The molecule has 2 fully saturated rings. The van der Waals surface area contributed by atoms with Crippen LogP contribution in [0.4, 0.5) is 0 Å². The number of alkyl halides is 1. The van der Waals surface area contributed by atoms with Gasteiger partial charge < -0.3 is 9.47 Å². The zero-order valence-corrected chi connectivity index (χ0v) is 15.6. The molecule has 4 atom stereocenters. The fourth-order valence-electron chi connectivity index (χ4n) is 3.77. The molecule has 0 aromatic rings. The summed E-state index contributed by atoms with van der Waals surface area (Å²) in [5, 5.41) is 0.104. The molecule has 2 saturated carbocycles. The lowest BCUT2D eigenvalue weighted by molar-refractivity contribution is -0.163. The number of unbranched alkanes of at least 4 members (excludes halogenated alkanes) is 1. The van der Waals surface area contributed by atoms with Crippen molar-refractivity contribution in [3.05, 3.63) is 0 Å². The van der Waals surface area contributed by atoms with Crippen LogP contribution >= 0.6 is 11.6 Å². The van der Waals surface area contributed by atoms with E-state index in [1.165, 1.54) is 0 Å². The average Bonchev–Trinajstić information content (AvgIpc) is 2.61. The van der Waals surface area contributed by atoms with Gasteiger partial charge in [0.15, 0.2) is 0 Å². The third-order valence-corrected chi connectivity index (χ3v) is 5.94. The Labute approximate surface area is 150 Å². The maximum absolute atomic E-state index is 12.5. The number of rotatable bonds is 7. The smallest absolute Gasteiger partial charge is 0.309 e. The van der Waals surface area contributed by atoms with Crippen molar-refractivity contribution < 1.29 is 19.1 Å². The van der Waals surface area contributed by atoms with E-state index in [2.05, 4.69) is 6.92 Å². The minimum Gasteiger partial charge on any atom is -0.465 e. The molecule has 2 rings (SSSR count). The summed E-state index contributed by atoms with van der Waals surface area (Å²) in [7, 11) is 0. The van der Waals surface area contributed by atoms with Gasteiger partial charge in [-0.1, -0.05) is 39.0 Å². The highest BCUT2D eigenvalue weighted by molar-refractivity contribution is 6.20. The topological polar surface area (TPSA) is 52.6 Å². The van der Waals surface area contributed by atoms with Crippen molar-refractivity contribution in [3.63, 3.8) is 0 Å². The molecule has 0 amide bonds. The van der Waals surface area contributed by atoms with Gasteiger partial charge in [-0.15, -0.1) is 11.6 Å². The number of ether oxygens (including phenoxy) is 2. The van der Waals surface area contributed by atoms with Gasteiger partial charge in [-0.2, -0.15) is 0 Å². The van der Waals surface area contributed by atoms with Gasteiger partial charge >= 0.3 is 11.9 Å². The van der Waals surface area contributed by atoms with Crippen LogP contribution in [0.25, 0.3) is 0 Å². The summed E-state index contributed by atoms with van der Waals surface area (Å²) in [4.78, 5) is 24.8. The van der Waals surface area contributed by atoms with Gasteiger partial charge in [-0.25, -0.2) is 0 Å². The van der Waals surface area contributed by atoms with Crippen molar-refractivity contribution in [3.8, 4) is 0 Å². The maximum atomic E-state index is 12.5. The molecule has 24 heavy (non-hydrogen) atoms. The van der Waals surface area contributed by atoms with Crippen molar-refractivity contribution in [1.29, 1.82) is 0 Å². The number of carbonyl (C=O) groups excluding carboxylic acids is 2. The molecule has 2 aliphatic carbocycles. The second kappa shape index (κ2) is 10.3. The average molecular weight is 359 g/mol. The van der Waals surface area contributed by atoms with E-state index in [1.807, 2.05) is 0 Å². The normalized spacial score (nSPS) is 30.6. The SMILES string of the molecule is CCCCOC(=O)C1CCCCC1C(=O)OCC1CCCCC1Cl. The second-order valence-electron chi connectivity index (χ2n) is 7.21. The third-order valence-electron chi connectivity index (χ3n) is 5.37. The molecule has 138 valence electrons. The molecule has 0 radical (unpaired) electrons. The number of carbonyl (C=O) groups is 2. The number of esters is 2. The third kappa shape index (κ3) is 5.65. The molecule has 0 bridgehead atoms. The van der Waals surface area contributed by atoms with Gasteiger partial charge in [0.1, 0.15) is 0 Å². The van der Waals surface area contributed by atoms with Gasteiger partial charge in [0.05, 0.1) is 25.0 Å².